The summed E-state index contributed by atoms with van der Waals surface area (Å²) in [4.78, 5) is 27.4. The van der Waals surface area contributed by atoms with E-state index in [4.69, 9.17) is 9.47 Å². The molecule has 0 aromatic heterocycles. The van der Waals surface area contributed by atoms with Crippen LogP contribution < -0.4 is 5.32 Å². The lowest BCUT2D eigenvalue weighted by molar-refractivity contribution is -0.138. The highest BCUT2D eigenvalue weighted by molar-refractivity contribution is 8.25. The number of hydrogen-bond acceptors (Lipinski definition) is 8. The highest BCUT2D eigenvalue weighted by atomic mass is 32.2. The van der Waals surface area contributed by atoms with Crippen molar-refractivity contribution in [3.8, 4) is 0 Å². The zero-order valence-electron chi connectivity index (χ0n) is 18.2. The molecule has 0 aliphatic carbocycles. The van der Waals surface area contributed by atoms with Gasteiger partial charge in [-0.05, 0) is 51.7 Å². The van der Waals surface area contributed by atoms with E-state index in [2.05, 4.69) is 38.2 Å². The summed E-state index contributed by atoms with van der Waals surface area (Å²) >= 11 is 4.44. The molecule has 1 atom stereocenters. The van der Waals surface area contributed by atoms with Crippen LogP contribution in [0.2, 0.25) is 0 Å². The van der Waals surface area contributed by atoms with Crippen LogP contribution in [-0.4, -0.2) is 34.8 Å². The first-order valence-corrected chi connectivity index (χ1v) is 12.7. The van der Waals surface area contributed by atoms with E-state index >= 15 is 0 Å². The molecule has 0 saturated carbocycles. The monoisotopic (exact) mass is 475 g/mol. The molecule has 1 spiro atoms. The van der Waals surface area contributed by atoms with Crippen molar-refractivity contribution in [3.63, 3.8) is 0 Å². The topological polar surface area (TPSA) is 64.6 Å². The molecule has 164 valence electrons. The third-order valence-corrected chi connectivity index (χ3v) is 9.48. The van der Waals surface area contributed by atoms with Crippen LogP contribution in [0, 0.1) is 6.92 Å². The van der Waals surface area contributed by atoms with Crippen molar-refractivity contribution in [2.24, 2.45) is 0 Å². The standard InChI is InChI=1S/C23H25NO4S3/c1-6-27-20(25)15-11-23(29-12-16(31-23)21(26)28-7-2)17-14-10-8-9-13(3)18(14)24-22(4,5)19(17)30-15/h8-12,24H,6-7H2,1-5H3. The Morgan fingerprint density at radius 3 is 2.42 bits per heavy atom. The molecule has 3 aliphatic heterocycles. The van der Waals surface area contributed by atoms with Crippen LogP contribution in [0.4, 0.5) is 5.69 Å². The lowest BCUT2D eigenvalue weighted by Crippen LogP contribution is -2.41. The van der Waals surface area contributed by atoms with Crippen molar-refractivity contribution in [1.82, 2.24) is 0 Å². The van der Waals surface area contributed by atoms with Gasteiger partial charge in [-0.15, -0.1) is 11.8 Å². The number of rotatable bonds is 4. The smallest absolute Gasteiger partial charge is 0.345 e. The molecule has 8 heteroatoms. The van der Waals surface area contributed by atoms with Crippen LogP contribution in [-0.2, 0) is 19.1 Å². The molecule has 0 saturated heterocycles. The van der Waals surface area contributed by atoms with Gasteiger partial charge in [0, 0.05) is 21.7 Å². The van der Waals surface area contributed by atoms with E-state index in [9.17, 15) is 9.59 Å². The van der Waals surface area contributed by atoms with Crippen LogP contribution >= 0.6 is 35.3 Å². The Labute approximate surface area is 195 Å². The molecular weight excluding hydrogens is 450 g/mol. The molecule has 1 aromatic carbocycles. The van der Waals surface area contributed by atoms with E-state index in [-0.39, 0.29) is 11.9 Å². The van der Waals surface area contributed by atoms with Crippen LogP contribution in [0.25, 0.3) is 5.57 Å². The summed E-state index contributed by atoms with van der Waals surface area (Å²) < 4.78 is 9.94. The van der Waals surface area contributed by atoms with Crippen molar-refractivity contribution in [1.29, 1.82) is 0 Å². The number of benzene rings is 1. The number of thioether (sulfide) groups is 3. The average molecular weight is 476 g/mol. The number of esters is 2. The molecule has 0 radical (unpaired) electrons. The molecule has 4 rings (SSSR count). The van der Waals surface area contributed by atoms with Crippen LogP contribution in [0.1, 0.15) is 38.8 Å². The fourth-order valence-corrected chi connectivity index (χ4v) is 8.23. The molecule has 3 aliphatic rings. The van der Waals surface area contributed by atoms with Gasteiger partial charge in [-0.3, -0.25) is 0 Å². The van der Waals surface area contributed by atoms with Crippen LogP contribution in [0.3, 0.4) is 0 Å². The summed E-state index contributed by atoms with van der Waals surface area (Å²) in [6.07, 6.45) is 1.96. The van der Waals surface area contributed by atoms with Gasteiger partial charge in [0.15, 0.2) is 0 Å². The average Bonchev–Trinajstić information content (AvgIpc) is 3.13. The van der Waals surface area contributed by atoms with Gasteiger partial charge in [0.25, 0.3) is 0 Å². The van der Waals surface area contributed by atoms with Crippen molar-refractivity contribution in [2.45, 2.75) is 44.2 Å². The summed E-state index contributed by atoms with van der Waals surface area (Å²) in [5, 5.41) is 5.52. The molecule has 1 unspecified atom stereocenters. The van der Waals surface area contributed by atoms with Crippen LogP contribution in [0.5, 0.6) is 0 Å². The number of hydrogen-bond donors (Lipinski definition) is 1. The van der Waals surface area contributed by atoms with Crippen molar-refractivity contribution < 1.29 is 19.1 Å². The summed E-state index contributed by atoms with van der Waals surface area (Å²) in [5.41, 5.74) is 4.07. The number of aryl methyl sites for hydroxylation is 1. The van der Waals surface area contributed by atoms with Crippen molar-refractivity contribution in [3.05, 3.63) is 55.5 Å². The quantitative estimate of drug-likeness (QED) is 0.558. The maximum atomic E-state index is 12.8. The summed E-state index contributed by atoms with van der Waals surface area (Å²) in [6.45, 7) is 10.6. The fourth-order valence-electron chi connectivity index (χ4n) is 3.88. The largest absolute Gasteiger partial charge is 0.462 e. The van der Waals surface area contributed by atoms with Gasteiger partial charge in [-0.25, -0.2) is 9.59 Å². The minimum atomic E-state index is -0.646. The number of fused-ring (bicyclic) bond motifs is 3. The predicted molar refractivity (Wildman–Crippen MR) is 131 cm³/mol. The highest BCUT2D eigenvalue weighted by Crippen LogP contribution is 2.65. The lowest BCUT2D eigenvalue weighted by atomic mass is 9.86. The first-order valence-electron chi connectivity index (χ1n) is 10.2. The number of para-hydroxylation sites is 1. The molecule has 3 heterocycles. The first kappa shape index (κ1) is 22.4. The Bertz CT molecular complexity index is 1060. The van der Waals surface area contributed by atoms with Crippen molar-refractivity contribution >= 4 is 58.5 Å². The molecule has 1 N–H and O–H groups in total. The summed E-state index contributed by atoms with van der Waals surface area (Å²) in [5.74, 6) is -0.670. The molecule has 0 amide bonds. The summed E-state index contributed by atoms with van der Waals surface area (Å²) in [6, 6.07) is 6.24. The molecular formula is C23H25NO4S3. The summed E-state index contributed by atoms with van der Waals surface area (Å²) in [7, 11) is 0. The van der Waals surface area contributed by atoms with E-state index in [0.717, 1.165) is 27.3 Å². The van der Waals surface area contributed by atoms with Gasteiger partial charge in [-0.1, -0.05) is 41.7 Å². The Balaban J connectivity index is 1.89. The third-order valence-electron chi connectivity index (χ3n) is 5.21. The van der Waals surface area contributed by atoms with E-state index < -0.39 is 9.62 Å². The van der Waals surface area contributed by atoms with E-state index in [1.54, 1.807) is 25.6 Å². The maximum Gasteiger partial charge on any atom is 0.345 e. The Morgan fingerprint density at radius 1 is 1.06 bits per heavy atom. The normalized spacial score (nSPS) is 23.4. The van der Waals surface area contributed by atoms with Gasteiger partial charge in [0.2, 0.25) is 0 Å². The first-order chi connectivity index (χ1) is 14.7. The number of nitrogens with one attached hydrogen (secondary N) is 1. The minimum absolute atomic E-state index is 0.311. The molecule has 0 bridgehead atoms. The molecule has 0 fully saturated rings. The number of carbonyl (C=O) groups is 2. The molecule has 5 nitrogen and oxygen atoms in total. The Kier molecular flexibility index (Phi) is 6.00. The second kappa shape index (κ2) is 8.30. The van der Waals surface area contributed by atoms with Gasteiger partial charge >= 0.3 is 11.9 Å². The zero-order chi connectivity index (χ0) is 22.4. The van der Waals surface area contributed by atoms with E-state index in [0.29, 0.717) is 23.0 Å². The second-order valence-corrected chi connectivity index (χ2v) is 11.6. The lowest BCUT2D eigenvalue weighted by Gasteiger charge is -2.45. The van der Waals surface area contributed by atoms with Crippen molar-refractivity contribution in [2.75, 3.05) is 18.5 Å². The second-order valence-electron chi connectivity index (χ2n) is 7.87. The van der Waals surface area contributed by atoms with Gasteiger partial charge in [0.1, 0.15) is 8.98 Å². The van der Waals surface area contributed by atoms with Gasteiger partial charge in [-0.2, -0.15) is 0 Å². The van der Waals surface area contributed by atoms with Gasteiger partial charge in [0.05, 0.1) is 23.7 Å². The fraction of sp³-hybridized carbons (Fsp3) is 0.391. The maximum absolute atomic E-state index is 12.8. The minimum Gasteiger partial charge on any atom is -0.462 e. The Hall–Kier alpha value is -1.77. The van der Waals surface area contributed by atoms with Gasteiger partial charge < -0.3 is 14.8 Å². The predicted octanol–water partition coefficient (Wildman–Crippen LogP) is 5.68. The number of ether oxygens (including phenoxy) is 2. The third kappa shape index (κ3) is 3.83. The number of carbonyl (C=O) groups excluding carboxylic acids is 2. The molecule has 31 heavy (non-hydrogen) atoms. The zero-order valence-corrected chi connectivity index (χ0v) is 20.6. The van der Waals surface area contributed by atoms with E-state index in [1.165, 1.54) is 23.5 Å². The molecule has 1 aromatic rings. The number of anilines is 1. The Morgan fingerprint density at radius 2 is 1.74 bits per heavy atom. The van der Waals surface area contributed by atoms with Crippen LogP contribution in [0.15, 0.2) is 44.4 Å². The highest BCUT2D eigenvalue weighted by Gasteiger charge is 2.51. The van der Waals surface area contributed by atoms with E-state index in [1.807, 2.05) is 17.6 Å². The SMILES string of the molecule is CCOC(=O)C1=CC2(SC=C(C(=O)OCC)S2)C2=C(S1)C(C)(C)Nc1c(C)cccc12.